The van der Waals surface area contributed by atoms with Crippen LogP contribution in [0.4, 0.5) is 0 Å². The highest BCUT2D eigenvalue weighted by Crippen LogP contribution is 2.46. The molecule has 6 heteroatoms. The maximum Gasteiger partial charge on any atom is 0.264 e. The standard InChI is InChI=1S/C29H25NO4S/c1-19(2)20-11-15-22(16-12-20)34-23-17-13-21(14-18-23)29(31)30-35(32,33)28-26-9-5-3-7-24(26)25-8-4-6-10-27(25)28/h3-19,28H,1-2H3,(H,30,31). The van der Waals surface area contributed by atoms with Gasteiger partial charge in [-0.2, -0.15) is 0 Å². The third-order valence-electron chi connectivity index (χ3n) is 6.22. The van der Waals surface area contributed by atoms with E-state index in [0.29, 0.717) is 28.5 Å². The minimum absolute atomic E-state index is 0.232. The third kappa shape index (κ3) is 4.45. The lowest BCUT2D eigenvalue weighted by Gasteiger charge is -2.16. The lowest BCUT2D eigenvalue weighted by atomic mass is 10.0. The number of amides is 1. The molecule has 0 unspecified atom stereocenters. The van der Waals surface area contributed by atoms with Crippen LogP contribution < -0.4 is 9.46 Å². The van der Waals surface area contributed by atoms with E-state index in [2.05, 4.69) is 18.6 Å². The summed E-state index contributed by atoms with van der Waals surface area (Å²) in [5.41, 5.74) is 4.53. The van der Waals surface area contributed by atoms with Crippen LogP contribution in [0.15, 0.2) is 97.1 Å². The third-order valence-corrected chi connectivity index (χ3v) is 7.82. The summed E-state index contributed by atoms with van der Waals surface area (Å²) in [6, 6.07) is 29.0. The van der Waals surface area contributed by atoms with Gasteiger partial charge in [0.25, 0.3) is 5.91 Å². The summed E-state index contributed by atoms with van der Waals surface area (Å²) in [7, 11) is -4.03. The van der Waals surface area contributed by atoms with Crippen LogP contribution >= 0.6 is 0 Å². The summed E-state index contributed by atoms with van der Waals surface area (Å²) in [6.07, 6.45) is 0. The Morgan fingerprint density at radius 1 is 0.743 bits per heavy atom. The lowest BCUT2D eigenvalue weighted by Crippen LogP contribution is -2.34. The van der Waals surface area contributed by atoms with Crippen LogP contribution in [0.5, 0.6) is 11.5 Å². The summed E-state index contributed by atoms with van der Waals surface area (Å²) >= 11 is 0. The first kappa shape index (κ1) is 22.9. The van der Waals surface area contributed by atoms with Gasteiger partial charge in [0.1, 0.15) is 16.7 Å². The topological polar surface area (TPSA) is 72.5 Å². The molecule has 0 bridgehead atoms. The lowest BCUT2D eigenvalue weighted by molar-refractivity contribution is 0.0981. The fourth-order valence-electron chi connectivity index (χ4n) is 4.42. The van der Waals surface area contributed by atoms with E-state index in [9.17, 15) is 13.2 Å². The number of benzene rings is 4. The zero-order valence-corrected chi connectivity index (χ0v) is 20.3. The Morgan fingerprint density at radius 3 is 1.74 bits per heavy atom. The van der Waals surface area contributed by atoms with Gasteiger partial charge in [0.2, 0.25) is 10.0 Å². The number of sulfonamides is 1. The molecular formula is C29H25NO4S. The molecule has 0 aliphatic heterocycles. The highest BCUT2D eigenvalue weighted by atomic mass is 32.2. The molecule has 0 radical (unpaired) electrons. The van der Waals surface area contributed by atoms with Gasteiger partial charge in [-0.25, -0.2) is 13.1 Å². The summed E-state index contributed by atoms with van der Waals surface area (Å²) in [5, 5.41) is -0.949. The molecule has 1 aliphatic carbocycles. The van der Waals surface area contributed by atoms with E-state index in [1.165, 1.54) is 5.56 Å². The Bertz CT molecular complexity index is 1450. The summed E-state index contributed by atoms with van der Waals surface area (Å²) in [4.78, 5) is 12.9. The zero-order valence-electron chi connectivity index (χ0n) is 19.4. The minimum Gasteiger partial charge on any atom is -0.457 e. The molecule has 1 aliphatic rings. The number of hydrogen-bond acceptors (Lipinski definition) is 4. The average molecular weight is 484 g/mol. The monoisotopic (exact) mass is 483 g/mol. The van der Waals surface area contributed by atoms with Crippen LogP contribution in [0.2, 0.25) is 0 Å². The highest BCUT2D eigenvalue weighted by Gasteiger charge is 2.38. The van der Waals surface area contributed by atoms with Crippen molar-refractivity contribution in [2.75, 3.05) is 0 Å². The van der Waals surface area contributed by atoms with Gasteiger partial charge >= 0.3 is 0 Å². The van der Waals surface area contributed by atoms with E-state index in [0.717, 1.165) is 11.1 Å². The molecule has 35 heavy (non-hydrogen) atoms. The largest absolute Gasteiger partial charge is 0.457 e. The molecule has 5 rings (SSSR count). The molecule has 0 atom stereocenters. The normalized spacial score (nSPS) is 12.8. The molecule has 4 aromatic rings. The first-order valence-corrected chi connectivity index (χ1v) is 13.0. The van der Waals surface area contributed by atoms with Crippen molar-refractivity contribution in [3.05, 3.63) is 119 Å². The van der Waals surface area contributed by atoms with Crippen molar-refractivity contribution in [3.63, 3.8) is 0 Å². The summed E-state index contributed by atoms with van der Waals surface area (Å²) in [5.74, 6) is 0.997. The number of carbonyl (C=O) groups is 1. The van der Waals surface area contributed by atoms with Crippen molar-refractivity contribution >= 4 is 15.9 Å². The molecule has 0 spiro atoms. The predicted octanol–water partition coefficient (Wildman–Crippen LogP) is 6.43. The van der Waals surface area contributed by atoms with E-state index < -0.39 is 21.2 Å². The van der Waals surface area contributed by atoms with Crippen molar-refractivity contribution in [2.45, 2.75) is 25.0 Å². The van der Waals surface area contributed by atoms with Gasteiger partial charge in [-0.3, -0.25) is 4.79 Å². The number of ether oxygens (including phenoxy) is 1. The molecule has 0 heterocycles. The number of fused-ring (bicyclic) bond motifs is 3. The fraction of sp³-hybridized carbons (Fsp3) is 0.138. The second kappa shape index (κ2) is 9.04. The summed E-state index contributed by atoms with van der Waals surface area (Å²) < 4.78 is 34.9. The van der Waals surface area contributed by atoms with Gasteiger partial charge in [-0.1, -0.05) is 74.5 Å². The Morgan fingerprint density at radius 2 is 1.23 bits per heavy atom. The van der Waals surface area contributed by atoms with Gasteiger partial charge < -0.3 is 4.74 Å². The smallest absolute Gasteiger partial charge is 0.264 e. The van der Waals surface area contributed by atoms with Crippen molar-refractivity contribution in [1.82, 2.24) is 4.72 Å². The first-order valence-electron chi connectivity index (χ1n) is 11.5. The number of nitrogens with one attached hydrogen (secondary N) is 1. The van der Waals surface area contributed by atoms with Crippen molar-refractivity contribution in [1.29, 1.82) is 0 Å². The minimum atomic E-state index is -4.03. The molecule has 176 valence electrons. The van der Waals surface area contributed by atoms with Crippen LogP contribution in [0.1, 0.15) is 52.1 Å². The summed E-state index contributed by atoms with van der Waals surface area (Å²) in [6.45, 7) is 4.26. The maximum atomic E-state index is 13.4. The van der Waals surface area contributed by atoms with Crippen molar-refractivity contribution < 1.29 is 17.9 Å². The quantitative estimate of drug-likeness (QED) is 0.343. The predicted molar refractivity (Wildman–Crippen MR) is 137 cm³/mol. The second-order valence-corrected chi connectivity index (χ2v) is 10.6. The van der Waals surface area contributed by atoms with E-state index in [1.54, 1.807) is 36.4 Å². The molecule has 0 saturated heterocycles. The fourth-order valence-corrected chi connectivity index (χ4v) is 6.00. The zero-order chi connectivity index (χ0) is 24.6. The second-order valence-electron chi connectivity index (χ2n) is 8.88. The van der Waals surface area contributed by atoms with Gasteiger partial charge in [0, 0.05) is 5.56 Å². The highest BCUT2D eigenvalue weighted by molar-refractivity contribution is 7.90. The molecule has 5 nitrogen and oxygen atoms in total. The van der Waals surface area contributed by atoms with Crippen LogP contribution in [0.3, 0.4) is 0 Å². The SMILES string of the molecule is CC(C)c1ccc(Oc2ccc(C(=O)NS(=O)(=O)C3c4ccccc4-c4ccccc43)cc2)cc1. The Hall–Kier alpha value is -3.90. The Kier molecular flexibility index (Phi) is 5.91. The Balaban J connectivity index is 1.33. The van der Waals surface area contributed by atoms with Gasteiger partial charge in [0.15, 0.2) is 0 Å². The van der Waals surface area contributed by atoms with Crippen LogP contribution in [0.25, 0.3) is 11.1 Å². The molecule has 1 N–H and O–H groups in total. The number of hydrogen-bond donors (Lipinski definition) is 1. The average Bonchev–Trinajstić information content (AvgIpc) is 3.20. The molecule has 1 amide bonds. The molecule has 0 fully saturated rings. The van der Waals surface area contributed by atoms with Crippen LogP contribution in [0, 0.1) is 0 Å². The number of carbonyl (C=O) groups excluding carboxylic acids is 1. The van der Waals surface area contributed by atoms with E-state index in [4.69, 9.17) is 4.74 Å². The molecular weight excluding hydrogens is 458 g/mol. The Labute approximate surface area is 205 Å². The van der Waals surface area contributed by atoms with Crippen molar-refractivity contribution in [3.8, 4) is 22.6 Å². The van der Waals surface area contributed by atoms with Gasteiger partial charge in [0.05, 0.1) is 0 Å². The van der Waals surface area contributed by atoms with Gasteiger partial charge in [-0.15, -0.1) is 0 Å². The first-order chi connectivity index (χ1) is 16.8. The van der Waals surface area contributed by atoms with E-state index in [-0.39, 0.29) is 5.56 Å². The molecule has 0 saturated carbocycles. The molecule has 0 aromatic heterocycles. The van der Waals surface area contributed by atoms with Crippen LogP contribution in [-0.2, 0) is 10.0 Å². The van der Waals surface area contributed by atoms with Crippen LogP contribution in [-0.4, -0.2) is 14.3 Å². The van der Waals surface area contributed by atoms with Crippen molar-refractivity contribution in [2.24, 2.45) is 0 Å². The maximum absolute atomic E-state index is 13.4. The number of rotatable bonds is 6. The van der Waals surface area contributed by atoms with Gasteiger partial charge in [-0.05, 0) is 70.1 Å². The van der Waals surface area contributed by atoms with E-state index in [1.807, 2.05) is 60.7 Å². The molecule has 4 aromatic carbocycles. The van der Waals surface area contributed by atoms with E-state index >= 15 is 0 Å².